The van der Waals surface area contributed by atoms with Crippen molar-refractivity contribution in [2.24, 2.45) is 16.1 Å². The van der Waals surface area contributed by atoms with E-state index in [1.807, 2.05) is 6.92 Å². The van der Waals surface area contributed by atoms with E-state index in [1.54, 1.807) is 25.1 Å². The average molecular weight is 278 g/mol. The molecule has 0 unspecified atom stereocenters. The molecule has 3 rings (SSSR count). The van der Waals surface area contributed by atoms with E-state index in [0.29, 0.717) is 10.7 Å². The zero-order chi connectivity index (χ0) is 13.7. The summed E-state index contributed by atoms with van der Waals surface area (Å²) < 4.78 is 0. The van der Waals surface area contributed by atoms with Crippen LogP contribution in [0.2, 0.25) is 5.02 Å². The largest absolute Gasteiger partial charge is 0.274 e. The lowest BCUT2D eigenvalue weighted by Crippen LogP contribution is -2.32. The van der Waals surface area contributed by atoms with Crippen LogP contribution in [0.25, 0.3) is 0 Å². The molecule has 0 radical (unpaired) electrons. The van der Waals surface area contributed by atoms with Crippen LogP contribution in [0.4, 0.5) is 5.69 Å². The Kier molecular flexibility index (Phi) is 2.67. The summed E-state index contributed by atoms with van der Waals surface area (Å²) >= 11 is 6.05. The van der Waals surface area contributed by atoms with Crippen molar-refractivity contribution < 1.29 is 9.59 Å². The van der Waals surface area contributed by atoms with Gasteiger partial charge in [-0.2, -0.15) is 10.2 Å². The maximum atomic E-state index is 12.3. The van der Waals surface area contributed by atoms with Crippen LogP contribution in [-0.4, -0.2) is 23.9 Å². The Bertz CT molecular complexity index is 614. The molecule has 19 heavy (non-hydrogen) atoms. The number of azo groups is 1. The van der Waals surface area contributed by atoms with Gasteiger partial charge in [0.15, 0.2) is 6.04 Å². The second-order valence-corrected chi connectivity index (χ2v) is 5.29. The average Bonchev–Trinajstić information content (AvgIpc) is 2.85. The molecule has 5 nitrogen and oxygen atoms in total. The topological polar surface area (TPSA) is 62.1 Å². The first-order chi connectivity index (χ1) is 9.00. The smallest absolute Gasteiger partial charge is 0.261 e. The normalized spacial score (nSPS) is 29.2. The molecule has 1 saturated heterocycles. The van der Waals surface area contributed by atoms with Gasteiger partial charge < -0.3 is 0 Å². The van der Waals surface area contributed by atoms with E-state index < -0.39 is 12.0 Å². The number of imide groups is 1. The number of fused-ring (bicyclic) bond motifs is 1. The number of hydrogen-bond donors (Lipinski definition) is 0. The Morgan fingerprint density at radius 1 is 1.21 bits per heavy atom. The molecule has 1 aromatic carbocycles. The number of benzene rings is 1. The lowest BCUT2D eigenvalue weighted by atomic mass is 9.98. The molecule has 1 fully saturated rings. The van der Waals surface area contributed by atoms with Crippen molar-refractivity contribution in [2.45, 2.75) is 25.9 Å². The molecule has 98 valence electrons. The fraction of sp³-hybridized carbons (Fsp3) is 0.385. The van der Waals surface area contributed by atoms with Crippen molar-refractivity contribution in [3.63, 3.8) is 0 Å². The van der Waals surface area contributed by atoms with E-state index in [-0.39, 0.29) is 17.9 Å². The third kappa shape index (κ3) is 1.69. The van der Waals surface area contributed by atoms with Gasteiger partial charge in [0.25, 0.3) is 5.91 Å². The minimum Gasteiger partial charge on any atom is -0.274 e. The summed E-state index contributed by atoms with van der Waals surface area (Å²) in [4.78, 5) is 25.8. The first-order valence-electron chi connectivity index (χ1n) is 6.04. The number of hydrogen-bond acceptors (Lipinski definition) is 4. The zero-order valence-corrected chi connectivity index (χ0v) is 11.3. The van der Waals surface area contributed by atoms with Crippen LogP contribution in [0.3, 0.4) is 0 Å². The monoisotopic (exact) mass is 277 g/mol. The lowest BCUT2D eigenvalue weighted by Gasteiger charge is -2.16. The van der Waals surface area contributed by atoms with Crippen LogP contribution < -0.4 is 4.90 Å². The number of halogens is 1. The highest BCUT2D eigenvalue weighted by atomic mass is 35.5. The van der Waals surface area contributed by atoms with Gasteiger partial charge in [-0.15, -0.1) is 0 Å². The number of carbonyl (C=O) groups is 2. The number of amides is 2. The zero-order valence-electron chi connectivity index (χ0n) is 10.5. The van der Waals surface area contributed by atoms with E-state index >= 15 is 0 Å². The number of nitrogens with zero attached hydrogens (tertiary/aromatic N) is 3. The van der Waals surface area contributed by atoms with Gasteiger partial charge in [-0.1, -0.05) is 17.7 Å². The number of anilines is 1. The number of carbonyl (C=O) groups excluding carboxylic acids is 2. The van der Waals surface area contributed by atoms with Crippen LogP contribution in [0.15, 0.2) is 28.4 Å². The van der Waals surface area contributed by atoms with Gasteiger partial charge in [0.1, 0.15) is 0 Å². The third-order valence-corrected chi connectivity index (χ3v) is 4.03. The van der Waals surface area contributed by atoms with Crippen molar-refractivity contribution in [1.82, 2.24) is 0 Å². The Morgan fingerprint density at radius 2 is 1.95 bits per heavy atom. The second-order valence-electron chi connectivity index (χ2n) is 4.89. The molecule has 2 amide bonds. The summed E-state index contributed by atoms with van der Waals surface area (Å²) in [6.07, 6.45) is 0. The van der Waals surface area contributed by atoms with Crippen molar-refractivity contribution in [3.8, 4) is 0 Å². The summed E-state index contributed by atoms with van der Waals surface area (Å²) in [6, 6.07) is 4.24. The summed E-state index contributed by atoms with van der Waals surface area (Å²) in [5.41, 5.74) is 1.40. The van der Waals surface area contributed by atoms with Gasteiger partial charge in [0.2, 0.25) is 5.91 Å². The molecule has 0 aromatic heterocycles. The molecular formula is C13H12ClN3O2. The predicted molar refractivity (Wildman–Crippen MR) is 70.3 cm³/mol. The van der Waals surface area contributed by atoms with Crippen LogP contribution in [-0.2, 0) is 9.59 Å². The molecule has 0 aliphatic carbocycles. The highest BCUT2D eigenvalue weighted by Gasteiger charge is 2.53. The molecule has 3 atom stereocenters. The minimum absolute atomic E-state index is 0.243. The first-order valence-corrected chi connectivity index (χ1v) is 6.42. The van der Waals surface area contributed by atoms with E-state index in [1.165, 1.54) is 4.90 Å². The van der Waals surface area contributed by atoms with Crippen molar-refractivity contribution in [3.05, 3.63) is 28.8 Å². The fourth-order valence-corrected chi connectivity index (χ4v) is 2.67. The molecule has 0 bridgehead atoms. The molecule has 1 aromatic rings. The number of aryl methyl sites for hydroxylation is 1. The molecule has 2 heterocycles. The standard InChI is InChI=1S/C13H12ClN3O2/c1-6-3-4-8(5-9(6)14)17-12(18)10-7(2)15-16-11(10)13(17)19/h3-5,7,10-11H,1-2H3/t7-,10+,11+/m1/s1. The Labute approximate surface area is 115 Å². The van der Waals surface area contributed by atoms with Gasteiger partial charge in [-0.25, -0.2) is 4.90 Å². The summed E-state index contributed by atoms with van der Waals surface area (Å²) in [6.45, 7) is 3.66. The Hall–Kier alpha value is -1.75. The highest BCUT2D eigenvalue weighted by molar-refractivity contribution is 6.32. The maximum Gasteiger partial charge on any atom is 0.261 e. The van der Waals surface area contributed by atoms with Gasteiger partial charge in [0, 0.05) is 5.02 Å². The van der Waals surface area contributed by atoms with Crippen molar-refractivity contribution in [1.29, 1.82) is 0 Å². The van der Waals surface area contributed by atoms with E-state index in [0.717, 1.165) is 5.56 Å². The quantitative estimate of drug-likeness (QED) is 0.740. The predicted octanol–water partition coefficient (Wildman–Crippen LogP) is 2.36. The molecule has 6 heteroatoms. The lowest BCUT2D eigenvalue weighted by molar-refractivity contribution is -0.122. The highest BCUT2D eigenvalue weighted by Crippen LogP contribution is 2.36. The SMILES string of the molecule is Cc1ccc(N2C(=O)[C@@H]3[C@H](N=N[C@@H]3C)C2=O)cc1Cl. The van der Waals surface area contributed by atoms with Gasteiger partial charge >= 0.3 is 0 Å². The third-order valence-electron chi connectivity index (χ3n) is 3.63. The molecular weight excluding hydrogens is 266 g/mol. The van der Waals surface area contributed by atoms with Crippen LogP contribution in [0, 0.1) is 12.8 Å². The molecule has 2 aliphatic heterocycles. The number of rotatable bonds is 1. The van der Waals surface area contributed by atoms with Crippen molar-refractivity contribution >= 4 is 29.1 Å². The van der Waals surface area contributed by atoms with Gasteiger partial charge in [-0.05, 0) is 31.5 Å². The molecule has 0 saturated carbocycles. The minimum atomic E-state index is -0.664. The maximum absolute atomic E-state index is 12.3. The fourth-order valence-electron chi connectivity index (χ4n) is 2.49. The van der Waals surface area contributed by atoms with Crippen LogP contribution in [0.5, 0.6) is 0 Å². The van der Waals surface area contributed by atoms with E-state index in [9.17, 15) is 9.59 Å². The summed E-state index contributed by atoms with van der Waals surface area (Å²) in [7, 11) is 0. The van der Waals surface area contributed by atoms with E-state index in [2.05, 4.69) is 10.2 Å². The summed E-state index contributed by atoms with van der Waals surface area (Å²) in [5, 5.41) is 8.35. The molecule has 0 spiro atoms. The van der Waals surface area contributed by atoms with Crippen LogP contribution in [0.1, 0.15) is 12.5 Å². The molecule has 0 N–H and O–H groups in total. The Balaban J connectivity index is 2.02. The van der Waals surface area contributed by atoms with Crippen LogP contribution >= 0.6 is 11.6 Å². The van der Waals surface area contributed by atoms with Crippen molar-refractivity contribution in [2.75, 3.05) is 4.90 Å². The second kappa shape index (κ2) is 4.13. The Morgan fingerprint density at radius 3 is 2.58 bits per heavy atom. The summed E-state index contributed by atoms with van der Waals surface area (Å²) in [5.74, 6) is -1.02. The first kappa shape index (κ1) is 12.3. The van der Waals surface area contributed by atoms with E-state index in [4.69, 9.17) is 11.6 Å². The molecule has 2 aliphatic rings. The van der Waals surface area contributed by atoms with Gasteiger partial charge in [-0.3, -0.25) is 9.59 Å². The van der Waals surface area contributed by atoms with Gasteiger partial charge in [0.05, 0.1) is 17.6 Å².